The van der Waals surface area contributed by atoms with E-state index in [0.717, 1.165) is 0 Å². The first-order valence-corrected chi connectivity index (χ1v) is 6.47. The summed E-state index contributed by atoms with van der Waals surface area (Å²) in [5, 5.41) is 0. The topological polar surface area (TPSA) is 81.6 Å². The number of nitrogens with zero attached hydrogens (tertiary/aromatic N) is 1. The molecule has 0 aliphatic carbocycles. The van der Waals surface area contributed by atoms with E-state index in [4.69, 9.17) is 10.5 Å². The van der Waals surface area contributed by atoms with Crippen LogP contribution in [0.15, 0.2) is 42.6 Å². The Morgan fingerprint density at radius 2 is 2.05 bits per heavy atom. The summed E-state index contributed by atoms with van der Waals surface area (Å²) in [5.41, 5.74) is 6.22. The third kappa shape index (κ3) is 4.00. The number of nitrogens with two attached hydrogens (primary N) is 1. The molecule has 6 heteroatoms. The molecule has 2 rings (SSSR count). The van der Waals surface area contributed by atoms with E-state index in [9.17, 15) is 9.59 Å². The zero-order chi connectivity index (χ0) is 15.2. The maximum absolute atomic E-state index is 11.9. The Morgan fingerprint density at radius 3 is 2.62 bits per heavy atom. The molecular formula is C15H17N2O4+. The van der Waals surface area contributed by atoms with Crippen molar-refractivity contribution >= 4 is 18.2 Å². The van der Waals surface area contributed by atoms with E-state index in [1.54, 1.807) is 47.3 Å². The van der Waals surface area contributed by atoms with Crippen molar-refractivity contribution in [3.63, 3.8) is 0 Å². The van der Waals surface area contributed by atoms with Gasteiger partial charge in [0.2, 0.25) is 12.6 Å². The van der Waals surface area contributed by atoms with Crippen molar-refractivity contribution in [2.75, 3.05) is 13.7 Å². The predicted molar refractivity (Wildman–Crippen MR) is 75.6 cm³/mol. The van der Waals surface area contributed by atoms with Crippen LogP contribution >= 0.6 is 0 Å². The van der Waals surface area contributed by atoms with Crippen molar-refractivity contribution in [3.8, 4) is 0 Å². The van der Waals surface area contributed by atoms with Crippen LogP contribution in [0.4, 0.5) is 0 Å². The van der Waals surface area contributed by atoms with Gasteiger partial charge < -0.3 is 15.2 Å². The Morgan fingerprint density at radius 1 is 1.33 bits per heavy atom. The van der Waals surface area contributed by atoms with Crippen molar-refractivity contribution in [1.29, 1.82) is 0 Å². The van der Waals surface area contributed by atoms with E-state index >= 15 is 0 Å². The minimum absolute atomic E-state index is 0.00940. The lowest BCUT2D eigenvalue weighted by atomic mass is 10.1. The highest BCUT2D eigenvalue weighted by Crippen LogP contribution is 2.19. The van der Waals surface area contributed by atoms with Gasteiger partial charge in [-0.1, -0.05) is 30.3 Å². The largest absolute Gasteiger partial charge is 0.466 e. The quantitative estimate of drug-likeness (QED) is 0.626. The fourth-order valence-corrected chi connectivity index (χ4v) is 1.94. The highest BCUT2D eigenvalue weighted by atomic mass is 16.6. The smallest absolute Gasteiger partial charge is 0.373 e. The van der Waals surface area contributed by atoms with Gasteiger partial charge >= 0.3 is 11.9 Å². The van der Waals surface area contributed by atoms with E-state index in [1.165, 1.54) is 7.11 Å². The normalized spacial score (nSPS) is 18.0. The van der Waals surface area contributed by atoms with Gasteiger partial charge in [0.15, 0.2) is 12.4 Å². The molecule has 1 heterocycles. The third-order valence-corrected chi connectivity index (χ3v) is 2.94. The Hall–Kier alpha value is -2.47. The highest BCUT2D eigenvalue weighted by Gasteiger charge is 2.28. The van der Waals surface area contributed by atoms with E-state index < -0.39 is 18.0 Å². The standard InChI is InChI=1S/C15H17N2O4/c1-20-15(19)14(11-5-3-2-4-6-11)21-13(18)10-17-8-7-12(16)9-17/h2-9,12,14H,10,16H2,1H3/q+1/t12?,14-/m0/s1. The molecule has 0 bridgehead atoms. The highest BCUT2D eigenvalue weighted by molar-refractivity contribution is 5.81. The summed E-state index contributed by atoms with van der Waals surface area (Å²) in [6.45, 7) is -0.00940. The van der Waals surface area contributed by atoms with Crippen LogP contribution in [0.3, 0.4) is 0 Å². The lowest BCUT2D eigenvalue weighted by Gasteiger charge is -2.15. The molecule has 0 saturated heterocycles. The first kappa shape index (κ1) is 14.9. The summed E-state index contributed by atoms with van der Waals surface area (Å²) in [6, 6.07) is 8.53. The number of methoxy groups -OCH3 is 1. The van der Waals surface area contributed by atoms with Gasteiger partial charge in [0.05, 0.1) is 7.11 Å². The molecule has 1 aliphatic heterocycles. The summed E-state index contributed by atoms with van der Waals surface area (Å²) in [6.07, 6.45) is 4.07. The zero-order valence-electron chi connectivity index (χ0n) is 11.6. The van der Waals surface area contributed by atoms with Gasteiger partial charge in [-0.25, -0.2) is 9.59 Å². The molecule has 1 unspecified atom stereocenters. The third-order valence-electron chi connectivity index (χ3n) is 2.94. The van der Waals surface area contributed by atoms with Crippen LogP contribution in [0.5, 0.6) is 0 Å². The molecular weight excluding hydrogens is 272 g/mol. The second kappa shape index (κ2) is 6.81. The first-order valence-electron chi connectivity index (χ1n) is 6.47. The summed E-state index contributed by atoms with van der Waals surface area (Å²) in [4.78, 5) is 23.7. The lowest BCUT2D eigenvalue weighted by Crippen LogP contribution is -2.27. The van der Waals surface area contributed by atoms with Crippen LogP contribution in [0.2, 0.25) is 0 Å². The van der Waals surface area contributed by atoms with Gasteiger partial charge in [0, 0.05) is 11.6 Å². The van der Waals surface area contributed by atoms with E-state index in [0.29, 0.717) is 5.56 Å². The molecule has 0 fully saturated rings. The van der Waals surface area contributed by atoms with Gasteiger partial charge in [0.25, 0.3) is 0 Å². The number of carbonyl (C=O) groups excluding carboxylic acids is 2. The predicted octanol–water partition coefficient (Wildman–Crippen LogP) is 0.382. The molecule has 2 atom stereocenters. The maximum atomic E-state index is 11.9. The molecule has 110 valence electrons. The number of esters is 2. The van der Waals surface area contributed by atoms with Crippen LogP contribution in [0.1, 0.15) is 11.7 Å². The van der Waals surface area contributed by atoms with Crippen molar-refractivity contribution in [3.05, 3.63) is 48.2 Å². The average Bonchev–Trinajstić information content (AvgIpc) is 2.90. The second-order valence-electron chi connectivity index (χ2n) is 4.54. The number of hydrogen-bond donors (Lipinski definition) is 1. The molecule has 2 N–H and O–H groups in total. The summed E-state index contributed by atoms with van der Waals surface area (Å²) < 4.78 is 11.5. The first-order chi connectivity index (χ1) is 10.1. The minimum atomic E-state index is -1.07. The summed E-state index contributed by atoms with van der Waals surface area (Å²) in [7, 11) is 1.25. The van der Waals surface area contributed by atoms with Crippen LogP contribution in [0.25, 0.3) is 0 Å². The molecule has 0 spiro atoms. The van der Waals surface area contributed by atoms with Crippen molar-refractivity contribution in [2.45, 2.75) is 12.1 Å². The fraction of sp³-hybridized carbons (Fsp3) is 0.267. The molecule has 1 aliphatic rings. The Kier molecular flexibility index (Phi) is 4.84. The molecule has 1 aromatic rings. The van der Waals surface area contributed by atoms with Gasteiger partial charge in [-0.2, -0.15) is 4.58 Å². The van der Waals surface area contributed by atoms with Crippen LogP contribution in [-0.4, -0.2) is 42.4 Å². The fourth-order valence-electron chi connectivity index (χ4n) is 1.94. The summed E-state index contributed by atoms with van der Waals surface area (Å²) >= 11 is 0. The van der Waals surface area contributed by atoms with Crippen molar-refractivity contribution < 1.29 is 23.6 Å². The molecule has 6 nitrogen and oxygen atoms in total. The van der Waals surface area contributed by atoms with Gasteiger partial charge in [-0.15, -0.1) is 0 Å². The molecule has 21 heavy (non-hydrogen) atoms. The van der Waals surface area contributed by atoms with Crippen LogP contribution in [0, 0.1) is 0 Å². The Bertz CT molecular complexity index is 581. The Labute approximate surface area is 122 Å². The lowest BCUT2D eigenvalue weighted by molar-refractivity contribution is -0.440. The molecule has 0 saturated carbocycles. The second-order valence-corrected chi connectivity index (χ2v) is 4.54. The number of ether oxygens (including phenoxy) is 2. The number of hydrogen-bond acceptors (Lipinski definition) is 5. The SMILES string of the molecule is COC(=O)[C@@H](OC(=O)C[N+]1=CC(N)C=C1)c1ccccc1. The van der Waals surface area contributed by atoms with Gasteiger partial charge in [-0.05, 0) is 0 Å². The monoisotopic (exact) mass is 289 g/mol. The van der Waals surface area contributed by atoms with E-state index in [-0.39, 0.29) is 12.6 Å². The Balaban J connectivity index is 2.05. The average molecular weight is 289 g/mol. The molecule has 0 aromatic heterocycles. The molecule has 1 aromatic carbocycles. The van der Waals surface area contributed by atoms with E-state index in [1.807, 2.05) is 6.07 Å². The number of benzene rings is 1. The van der Waals surface area contributed by atoms with Crippen molar-refractivity contribution in [2.24, 2.45) is 5.73 Å². The number of carbonyl (C=O) groups is 2. The minimum Gasteiger partial charge on any atom is -0.466 e. The van der Waals surface area contributed by atoms with E-state index in [2.05, 4.69) is 4.74 Å². The zero-order valence-corrected chi connectivity index (χ0v) is 11.6. The number of rotatable bonds is 5. The van der Waals surface area contributed by atoms with Crippen LogP contribution < -0.4 is 5.73 Å². The summed E-state index contributed by atoms with van der Waals surface area (Å²) in [5.74, 6) is -1.16. The molecule has 0 amide bonds. The van der Waals surface area contributed by atoms with Gasteiger partial charge in [0.1, 0.15) is 6.04 Å². The maximum Gasteiger partial charge on any atom is 0.373 e. The van der Waals surface area contributed by atoms with Crippen molar-refractivity contribution in [1.82, 2.24) is 0 Å². The van der Waals surface area contributed by atoms with Crippen LogP contribution in [-0.2, 0) is 19.1 Å². The van der Waals surface area contributed by atoms with Gasteiger partial charge in [-0.3, -0.25) is 0 Å². The molecule has 0 radical (unpaired) electrons.